The number of fused-ring (bicyclic) bond motifs is 1. The smallest absolute Gasteiger partial charge is 0.227 e. The van der Waals surface area contributed by atoms with Crippen LogP contribution < -0.4 is 14.5 Å². The van der Waals surface area contributed by atoms with Crippen LogP contribution in [0.25, 0.3) is 0 Å². The van der Waals surface area contributed by atoms with Gasteiger partial charge in [0.05, 0.1) is 0 Å². The van der Waals surface area contributed by atoms with Crippen molar-refractivity contribution in [1.82, 2.24) is 19.8 Å². The quantitative estimate of drug-likeness (QED) is 0.349. The molecule has 0 N–H and O–H groups in total. The van der Waals surface area contributed by atoms with Gasteiger partial charge in [-0.15, -0.1) is 0 Å². The van der Waals surface area contributed by atoms with Gasteiger partial charge < -0.3 is 14.5 Å². The van der Waals surface area contributed by atoms with Gasteiger partial charge in [0.2, 0.25) is 11.9 Å². The van der Waals surface area contributed by atoms with Gasteiger partial charge in [-0.1, -0.05) is 50.2 Å². The molecule has 0 atom stereocenters. The molecule has 1 aromatic heterocycles. The lowest BCUT2D eigenvalue weighted by Crippen LogP contribution is -2.37. The zero-order valence-electron chi connectivity index (χ0n) is 25.3. The van der Waals surface area contributed by atoms with Crippen LogP contribution in [0.15, 0.2) is 67.0 Å². The molecule has 0 unspecified atom stereocenters. The second kappa shape index (κ2) is 15.1. The van der Waals surface area contributed by atoms with E-state index in [2.05, 4.69) is 81.0 Å². The molecular formula is C34H46N6O2. The molecule has 224 valence electrons. The maximum absolute atomic E-state index is 13.5. The maximum Gasteiger partial charge on any atom is 0.227 e. The van der Waals surface area contributed by atoms with E-state index in [1.807, 2.05) is 17.0 Å². The number of likely N-dealkylation sites (tertiary alicyclic amines) is 1. The highest BCUT2D eigenvalue weighted by Gasteiger charge is 2.23. The molecule has 0 bridgehead atoms. The van der Waals surface area contributed by atoms with Crippen molar-refractivity contribution in [3.8, 4) is 5.75 Å². The zero-order chi connectivity index (χ0) is 29.1. The summed E-state index contributed by atoms with van der Waals surface area (Å²) in [7, 11) is 0. The summed E-state index contributed by atoms with van der Waals surface area (Å²) in [6.45, 7) is 12.8. The molecule has 1 saturated heterocycles. The van der Waals surface area contributed by atoms with Gasteiger partial charge in [0.25, 0.3) is 0 Å². The van der Waals surface area contributed by atoms with E-state index in [0.717, 1.165) is 63.1 Å². The average Bonchev–Trinajstić information content (AvgIpc) is 3.50. The normalized spacial score (nSPS) is 17.2. The van der Waals surface area contributed by atoms with Crippen LogP contribution in [-0.4, -0.2) is 78.1 Å². The van der Waals surface area contributed by atoms with Crippen LogP contribution in [0.4, 0.5) is 11.6 Å². The van der Waals surface area contributed by atoms with Crippen LogP contribution in [0.5, 0.6) is 5.75 Å². The average molecular weight is 571 g/mol. The lowest BCUT2D eigenvalue weighted by molar-refractivity contribution is -0.119. The Morgan fingerprint density at radius 1 is 0.833 bits per heavy atom. The number of benzene rings is 2. The van der Waals surface area contributed by atoms with Crippen molar-refractivity contribution in [3.63, 3.8) is 0 Å². The molecule has 8 heteroatoms. The molecule has 42 heavy (non-hydrogen) atoms. The Morgan fingerprint density at radius 2 is 1.60 bits per heavy atom. The van der Waals surface area contributed by atoms with Crippen LogP contribution >= 0.6 is 0 Å². The van der Waals surface area contributed by atoms with Crippen LogP contribution in [0.3, 0.4) is 0 Å². The lowest BCUT2D eigenvalue weighted by Gasteiger charge is -2.29. The standard InChI is InChI=1S/C34H46N6O2/c1-28(2)25-33(41)40-20-10-19-39(34-35-15-9-16-36-34)22-21-38(26-29-11-3-5-13-31(29)40)27-30-12-4-6-14-32(30)42-24-23-37-17-7-8-18-37/h3-6,9,11-16,28H,7-8,10,17-27H2,1-2H3. The highest BCUT2D eigenvalue weighted by Crippen LogP contribution is 2.27. The van der Waals surface area contributed by atoms with Crippen molar-refractivity contribution >= 4 is 17.5 Å². The van der Waals surface area contributed by atoms with Crippen LogP contribution in [0.2, 0.25) is 0 Å². The molecule has 0 aliphatic carbocycles. The first kappa shape index (κ1) is 30.0. The summed E-state index contributed by atoms with van der Waals surface area (Å²) in [5, 5.41) is 0. The SMILES string of the molecule is CC(C)CC(=O)N1CCCN(c2ncccn2)CCN(Cc2ccccc2OCCN2CCCC2)Cc2ccccc21. The Hall–Kier alpha value is -3.49. The molecule has 1 fully saturated rings. The van der Waals surface area contributed by atoms with E-state index in [1.54, 1.807) is 12.4 Å². The third-order valence-corrected chi connectivity index (χ3v) is 8.12. The number of amides is 1. The van der Waals surface area contributed by atoms with Crippen LogP contribution in [-0.2, 0) is 17.9 Å². The zero-order valence-corrected chi connectivity index (χ0v) is 25.3. The number of hydrogen-bond donors (Lipinski definition) is 0. The fraction of sp³-hybridized carbons (Fsp3) is 0.500. The molecular weight excluding hydrogens is 524 g/mol. The number of carbonyl (C=O) groups is 1. The summed E-state index contributed by atoms with van der Waals surface area (Å²) in [4.78, 5) is 31.9. The fourth-order valence-electron chi connectivity index (χ4n) is 5.96. The van der Waals surface area contributed by atoms with Gasteiger partial charge in [0.15, 0.2) is 0 Å². The summed E-state index contributed by atoms with van der Waals surface area (Å²) >= 11 is 0. The number of nitrogens with zero attached hydrogens (tertiary/aromatic N) is 6. The number of aromatic nitrogens is 2. The van der Waals surface area contributed by atoms with Crippen molar-refractivity contribution in [2.75, 3.05) is 62.2 Å². The second-order valence-electron chi connectivity index (χ2n) is 11.9. The number of carbonyl (C=O) groups excluding carboxylic acids is 1. The van der Waals surface area contributed by atoms with E-state index in [0.29, 0.717) is 25.5 Å². The Labute approximate surface area is 251 Å². The van der Waals surface area contributed by atoms with Crippen LogP contribution in [0, 0.1) is 5.92 Å². The molecule has 5 rings (SSSR count). The first-order valence-corrected chi connectivity index (χ1v) is 15.6. The topological polar surface area (TPSA) is 65.0 Å². The summed E-state index contributed by atoms with van der Waals surface area (Å²) < 4.78 is 6.35. The highest BCUT2D eigenvalue weighted by atomic mass is 16.5. The van der Waals surface area contributed by atoms with Crippen LogP contribution in [0.1, 0.15) is 50.7 Å². The molecule has 2 aliphatic rings. The van der Waals surface area contributed by atoms with Gasteiger partial charge >= 0.3 is 0 Å². The van der Waals surface area contributed by atoms with Gasteiger partial charge in [-0.2, -0.15) is 0 Å². The number of rotatable bonds is 9. The first-order valence-electron chi connectivity index (χ1n) is 15.6. The van der Waals surface area contributed by atoms with Crippen molar-refractivity contribution in [2.45, 2.75) is 52.6 Å². The minimum Gasteiger partial charge on any atom is -0.492 e. The minimum absolute atomic E-state index is 0.183. The van der Waals surface area contributed by atoms with Gasteiger partial charge in [0, 0.05) is 75.9 Å². The molecule has 3 heterocycles. The predicted molar refractivity (Wildman–Crippen MR) is 169 cm³/mol. The van der Waals surface area contributed by atoms with Crippen molar-refractivity contribution in [1.29, 1.82) is 0 Å². The van der Waals surface area contributed by atoms with E-state index in [9.17, 15) is 4.79 Å². The summed E-state index contributed by atoms with van der Waals surface area (Å²) in [6, 6.07) is 18.7. The summed E-state index contributed by atoms with van der Waals surface area (Å²) in [6.07, 6.45) is 7.55. The largest absolute Gasteiger partial charge is 0.492 e. The molecule has 0 radical (unpaired) electrons. The number of ether oxygens (including phenoxy) is 1. The van der Waals surface area contributed by atoms with E-state index in [-0.39, 0.29) is 5.91 Å². The molecule has 0 saturated carbocycles. The molecule has 3 aromatic rings. The maximum atomic E-state index is 13.5. The number of anilines is 2. The van der Waals surface area contributed by atoms with Crippen molar-refractivity contribution < 1.29 is 9.53 Å². The minimum atomic E-state index is 0.183. The number of hydrogen-bond acceptors (Lipinski definition) is 7. The van der Waals surface area contributed by atoms with Gasteiger partial charge in [-0.3, -0.25) is 14.6 Å². The van der Waals surface area contributed by atoms with E-state index in [1.165, 1.54) is 37.1 Å². The molecule has 2 aliphatic heterocycles. The molecule has 8 nitrogen and oxygen atoms in total. The van der Waals surface area contributed by atoms with Crippen molar-refractivity contribution in [3.05, 3.63) is 78.1 Å². The van der Waals surface area contributed by atoms with Gasteiger partial charge in [-0.05, 0) is 62.0 Å². The molecule has 0 spiro atoms. The van der Waals surface area contributed by atoms with E-state index < -0.39 is 0 Å². The summed E-state index contributed by atoms with van der Waals surface area (Å²) in [5.74, 6) is 2.18. The third-order valence-electron chi connectivity index (χ3n) is 8.12. The molecule has 2 aromatic carbocycles. The monoisotopic (exact) mass is 570 g/mol. The Bertz CT molecular complexity index is 1260. The first-order chi connectivity index (χ1) is 20.6. The van der Waals surface area contributed by atoms with Gasteiger partial charge in [0.1, 0.15) is 12.4 Å². The van der Waals surface area contributed by atoms with Crippen molar-refractivity contribution in [2.24, 2.45) is 5.92 Å². The Morgan fingerprint density at radius 3 is 2.40 bits per heavy atom. The summed E-state index contributed by atoms with van der Waals surface area (Å²) in [5.41, 5.74) is 3.38. The second-order valence-corrected chi connectivity index (χ2v) is 11.9. The van der Waals surface area contributed by atoms with Gasteiger partial charge in [-0.25, -0.2) is 9.97 Å². The van der Waals surface area contributed by atoms with E-state index >= 15 is 0 Å². The highest BCUT2D eigenvalue weighted by molar-refractivity contribution is 5.94. The number of para-hydroxylation sites is 2. The lowest BCUT2D eigenvalue weighted by atomic mass is 10.1. The fourth-order valence-corrected chi connectivity index (χ4v) is 5.96. The Kier molecular flexibility index (Phi) is 10.8. The van der Waals surface area contributed by atoms with E-state index in [4.69, 9.17) is 4.74 Å². The predicted octanol–water partition coefficient (Wildman–Crippen LogP) is 5.24. The molecule has 1 amide bonds. The third kappa shape index (κ3) is 8.29. The Balaban J connectivity index is 1.40.